The molecular formula is C54H67IN10O10Si2. The van der Waals surface area contributed by atoms with Gasteiger partial charge in [-0.1, -0.05) is 83.9 Å². The van der Waals surface area contributed by atoms with Gasteiger partial charge in [0.1, 0.15) is 55.4 Å². The molecule has 6 aromatic rings. The van der Waals surface area contributed by atoms with Crippen LogP contribution in [0, 0.1) is 15.7 Å². The van der Waals surface area contributed by atoms with Gasteiger partial charge in [-0.3, -0.25) is 18.7 Å². The minimum atomic E-state index is -2.50. The molecule has 2 N–H and O–H groups in total. The van der Waals surface area contributed by atoms with Gasteiger partial charge in [-0.05, 0) is 94.1 Å². The molecule has 0 radical (unpaired) electrons. The fourth-order valence-corrected chi connectivity index (χ4v) is 17.1. The number of ether oxygens (including phenoxy) is 6. The molecular weight excluding hydrogens is 1130 g/mol. The van der Waals surface area contributed by atoms with Crippen LogP contribution in [0.2, 0.25) is 36.3 Å². The van der Waals surface area contributed by atoms with Crippen molar-refractivity contribution in [2.75, 3.05) is 17.2 Å². The van der Waals surface area contributed by atoms with E-state index in [-0.39, 0.29) is 29.3 Å². The average Bonchev–Trinajstić information content (AvgIpc) is 4.44. The highest BCUT2D eigenvalue weighted by atomic mass is 127. The maximum atomic E-state index is 13.7. The molecule has 4 fully saturated rings. The Kier molecular flexibility index (Phi) is 15.9. The largest absolute Gasteiger partial charge is 0.414 e. The van der Waals surface area contributed by atoms with E-state index in [2.05, 4.69) is 102 Å². The lowest BCUT2D eigenvalue weighted by atomic mass is 10.1. The Labute approximate surface area is 463 Å². The number of nitrogens with zero attached hydrogens (tertiary/aromatic N) is 8. The van der Waals surface area contributed by atoms with Crippen molar-refractivity contribution in [1.82, 2.24) is 39.0 Å². The number of anilines is 2. The van der Waals surface area contributed by atoms with Crippen molar-refractivity contribution < 1.29 is 46.9 Å². The van der Waals surface area contributed by atoms with Crippen LogP contribution in [0.3, 0.4) is 0 Å². The van der Waals surface area contributed by atoms with E-state index in [1.807, 2.05) is 49.0 Å². The van der Waals surface area contributed by atoms with Crippen molar-refractivity contribution >= 4 is 85.0 Å². The fraction of sp³-hybridized carbons (Fsp3) is 0.519. The summed E-state index contributed by atoms with van der Waals surface area (Å²) in [6.07, 6.45) is -3.61. The van der Waals surface area contributed by atoms with Gasteiger partial charge in [0.2, 0.25) is 0 Å². The van der Waals surface area contributed by atoms with Crippen molar-refractivity contribution in [2.24, 2.45) is 0 Å². The molecule has 23 heteroatoms. The van der Waals surface area contributed by atoms with E-state index in [4.69, 9.17) is 52.2 Å². The van der Waals surface area contributed by atoms with Crippen molar-refractivity contribution in [3.8, 4) is 11.8 Å². The standard InChI is InChI=1S/C54H67IN10O10Si2/c1-11-76(12-2,13-3)68-29-35-40-42(73-53(7,8)71-40)50(69-35)64-36(60-37-44(56-30-58-46(37)64)62-48(66)32-23-19-17-20-24-32)28-27-34(75-77(14-4,15-5)16-6)39-41-43(74-54(9,10)72-41)51(70-39)65-47-38(61-52(65)55)45(57-31-59-47)63-49(67)33-25-21-18-22-26-33/h17-26,30-31,34-35,39-43,50-51H,11-16,29H2,1-10H3,(H,56,58,62,66)(H,57,59,63,67)/t34-,35-,39-,40-,41-,42-,43-,50-,51-/m1/s1. The molecule has 77 heavy (non-hydrogen) atoms. The van der Waals surface area contributed by atoms with Crippen LogP contribution in [0.5, 0.6) is 0 Å². The highest BCUT2D eigenvalue weighted by Crippen LogP contribution is 2.48. The van der Waals surface area contributed by atoms with Crippen LogP contribution in [0.15, 0.2) is 73.3 Å². The number of rotatable bonds is 18. The van der Waals surface area contributed by atoms with Gasteiger partial charge in [0, 0.05) is 33.7 Å². The summed E-state index contributed by atoms with van der Waals surface area (Å²) in [4.78, 5) is 55.6. The maximum Gasteiger partial charge on any atom is 0.256 e. The molecule has 0 saturated carbocycles. The molecule has 2 aromatic carbocycles. The smallest absolute Gasteiger partial charge is 0.256 e. The van der Waals surface area contributed by atoms with Gasteiger partial charge in [-0.15, -0.1) is 0 Å². The monoisotopic (exact) mass is 1200 g/mol. The number of halogens is 1. The van der Waals surface area contributed by atoms with E-state index in [9.17, 15) is 9.59 Å². The van der Waals surface area contributed by atoms with Crippen LogP contribution in [-0.4, -0.2) is 128 Å². The van der Waals surface area contributed by atoms with E-state index in [1.54, 1.807) is 48.5 Å². The van der Waals surface area contributed by atoms with E-state index in [0.717, 1.165) is 36.3 Å². The second-order valence-electron chi connectivity index (χ2n) is 20.8. The van der Waals surface area contributed by atoms with Gasteiger partial charge >= 0.3 is 0 Å². The molecule has 0 aliphatic carbocycles. The molecule has 4 saturated heterocycles. The Morgan fingerprint density at radius 2 is 1.13 bits per heavy atom. The molecule has 0 bridgehead atoms. The highest BCUT2D eigenvalue weighted by molar-refractivity contribution is 14.1. The average molecular weight is 1200 g/mol. The van der Waals surface area contributed by atoms with Crippen molar-refractivity contribution in [1.29, 1.82) is 0 Å². The summed E-state index contributed by atoms with van der Waals surface area (Å²) in [6.45, 7) is 20.9. The summed E-state index contributed by atoms with van der Waals surface area (Å²) >= 11 is 2.14. The zero-order valence-corrected chi connectivity index (χ0v) is 49.3. The normalized spacial score (nSPS) is 24.9. The topological polar surface area (TPSA) is 219 Å². The predicted molar refractivity (Wildman–Crippen MR) is 300 cm³/mol. The molecule has 9 atom stereocenters. The first-order valence-corrected chi connectivity index (χ1v) is 32.8. The molecule has 2 amide bonds. The number of amides is 2. The van der Waals surface area contributed by atoms with E-state index in [1.165, 1.54) is 12.7 Å². The van der Waals surface area contributed by atoms with E-state index in [0.29, 0.717) is 43.9 Å². The molecule has 0 unspecified atom stereocenters. The molecule has 408 valence electrons. The summed E-state index contributed by atoms with van der Waals surface area (Å²) in [6, 6.07) is 23.2. The number of benzene rings is 2. The van der Waals surface area contributed by atoms with Gasteiger partial charge in [0.05, 0.1) is 6.61 Å². The first-order valence-electron chi connectivity index (χ1n) is 26.7. The van der Waals surface area contributed by atoms with Crippen LogP contribution in [-0.2, 0) is 37.3 Å². The number of aromatic nitrogens is 8. The van der Waals surface area contributed by atoms with E-state index < -0.39 is 83.4 Å². The Morgan fingerprint density at radius 1 is 0.649 bits per heavy atom. The van der Waals surface area contributed by atoms with Gasteiger partial charge in [-0.2, -0.15) is 0 Å². The molecule has 4 aliphatic rings. The third kappa shape index (κ3) is 10.7. The second kappa shape index (κ2) is 22.2. The molecule has 4 aromatic heterocycles. The zero-order chi connectivity index (χ0) is 54.4. The Bertz CT molecular complexity index is 3170. The zero-order valence-electron chi connectivity index (χ0n) is 45.1. The van der Waals surface area contributed by atoms with Gasteiger partial charge < -0.3 is 47.9 Å². The van der Waals surface area contributed by atoms with Crippen molar-refractivity contribution in [2.45, 2.75) is 172 Å². The lowest BCUT2D eigenvalue weighted by Gasteiger charge is -2.35. The summed E-state index contributed by atoms with van der Waals surface area (Å²) < 4.78 is 59.6. The Morgan fingerprint density at radius 3 is 1.68 bits per heavy atom. The van der Waals surface area contributed by atoms with Gasteiger partial charge in [0.25, 0.3) is 11.8 Å². The first-order chi connectivity index (χ1) is 37.0. The SMILES string of the molecule is CC[Si](CC)(CC)OC[C@H]1O[C@@H](n2c(C#C[C@@H](O[Si](CC)(CC)CC)[C@H]3O[C@@H](n4c(I)nc5c(NC(=O)c6ccccc6)ncnc54)[C@@H]4OC(C)(C)O[C@@H]43)nc3c(NC(=O)c4ccccc4)ncnc32)[C@@H]2OC(C)(C)O[C@@H]21. The molecule has 4 aliphatic heterocycles. The minimum Gasteiger partial charge on any atom is -0.414 e. The lowest BCUT2D eigenvalue weighted by molar-refractivity contribution is -0.203. The third-order valence-corrected chi connectivity index (χ3v) is 25.6. The number of carbonyl (C=O) groups is 2. The second-order valence-corrected chi connectivity index (χ2v) is 31.2. The number of nitrogens with one attached hydrogen (secondary N) is 2. The van der Waals surface area contributed by atoms with E-state index >= 15 is 0 Å². The highest BCUT2D eigenvalue weighted by Gasteiger charge is 2.60. The summed E-state index contributed by atoms with van der Waals surface area (Å²) in [7, 11) is -4.55. The van der Waals surface area contributed by atoms with Crippen LogP contribution in [0.25, 0.3) is 22.3 Å². The van der Waals surface area contributed by atoms with Gasteiger partial charge in [0.15, 0.2) is 84.3 Å². The third-order valence-electron chi connectivity index (χ3n) is 15.6. The number of carbonyl (C=O) groups excluding carboxylic acids is 2. The van der Waals surface area contributed by atoms with Crippen LogP contribution >= 0.6 is 22.6 Å². The van der Waals surface area contributed by atoms with Gasteiger partial charge in [-0.25, -0.2) is 29.9 Å². The first kappa shape index (κ1) is 55.2. The predicted octanol–water partition coefficient (Wildman–Crippen LogP) is 9.37. The number of imidazole rings is 2. The van der Waals surface area contributed by atoms with Crippen LogP contribution in [0.1, 0.15) is 108 Å². The lowest BCUT2D eigenvalue weighted by Crippen LogP contribution is -2.47. The number of hydrogen-bond donors (Lipinski definition) is 2. The maximum absolute atomic E-state index is 13.7. The molecule has 10 rings (SSSR count). The summed E-state index contributed by atoms with van der Waals surface area (Å²) in [5.74, 6) is 5.00. The molecule has 20 nitrogen and oxygen atoms in total. The fourth-order valence-electron chi connectivity index (χ4n) is 11.0. The quantitative estimate of drug-likeness (QED) is 0.0354. The minimum absolute atomic E-state index is 0.188. The summed E-state index contributed by atoms with van der Waals surface area (Å²) in [5.41, 5.74) is 2.36. The van der Waals surface area contributed by atoms with Crippen molar-refractivity contribution in [3.05, 3.63) is 94.1 Å². The number of fused-ring (bicyclic) bond motifs is 4. The molecule has 8 heterocycles. The van der Waals surface area contributed by atoms with Crippen LogP contribution < -0.4 is 10.6 Å². The Hall–Kier alpha value is -5.12. The molecule has 0 spiro atoms. The van der Waals surface area contributed by atoms with Crippen molar-refractivity contribution in [3.63, 3.8) is 0 Å². The van der Waals surface area contributed by atoms with Crippen LogP contribution in [0.4, 0.5) is 11.6 Å². The number of hydrogen-bond acceptors (Lipinski definition) is 16. The Balaban J connectivity index is 1.08. The summed E-state index contributed by atoms with van der Waals surface area (Å²) in [5, 5.41) is 5.90.